The van der Waals surface area contributed by atoms with Gasteiger partial charge in [0.15, 0.2) is 6.79 Å². The molecule has 0 radical (unpaired) electrons. The van der Waals surface area contributed by atoms with Crippen LogP contribution in [0.25, 0.3) is 0 Å². The van der Waals surface area contributed by atoms with Gasteiger partial charge in [-0.1, -0.05) is 6.08 Å². The van der Waals surface area contributed by atoms with E-state index in [0.717, 1.165) is 0 Å². The molecule has 0 N–H and O–H groups in total. The first kappa shape index (κ1) is 11.1. The Hall–Kier alpha value is 0.0500. The van der Waals surface area contributed by atoms with Crippen molar-refractivity contribution in [2.75, 3.05) is 6.79 Å². The van der Waals surface area contributed by atoms with Gasteiger partial charge in [-0.3, -0.25) is 0 Å². The predicted octanol–water partition coefficient (Wildman–Crippen LogP) is 2.49. The second kappa shape index (κ2) is 5.71. The zero-order valence-electron chi connectivity index (χ0n) is 8.16. The van der Waals surface area contributed by atoms with Crippen molar-refractivity contribution in [1.82, 2.24) is 0 Å². The SMILES string of the molecule is C=C[C@@H]1C[C@@H]1POCOOC(C)C. The maximum atomic E-state index is 5.27. The van der Waals surface area contributed by atoms with Gasteiger partial charge in [-0.2, -0.15) is 0 Å². The summed E-state index contributed by atoms with van der Waals surface area (Å²) in [5.74, 6) is 0.671. The molecule has 1 saturated carbocycles. The van der Waals surface area contributed by atoms with Crippen molar-refractivity contribution in [1.29, 1.82) is 0 Å². The van der Waals surface area contributed by atoms with E-state index in [1.807, 2.05) is 19.9 Å². The molecule has 76 valence electrons. The van der Waals surface area contributed by atoms with Crippen molar-refractivity contribution in [3.05, 3.63) is 12.7 Å². The van der Waals surface area contributed by atoms with Crippen LogP contribution in [0.2, 0.25) is 0 Å². The molecule has 3 atom stereocenters. The van der Waals surface area contributed by atoms with Gasteiger partial charge in [-0.15, -0.1) is 6.58 Å². The van der Waals surface area contributed by atoms with Crippen LogP contribution in [-0.4, -0.2) is 18.6 Å². The lowest BCUT2D eigenvalue weighted by molar-refractivity contribution is -0.341. The molecule has 0 aliphatic heterocycles. The third kappa shape index (κ3) is 4.72. The van der Waals surface area contributed by atoms with Crippen molar-refractivity contribution >= 4 is 8.81 Å². The standard InChI is InChI=1S/C9H17O3P/c1-4-8-5-9(8)13-11-6-10-12-7(2)3/h4,7-9,13H,1,5-6H2,2-3H3/t8-,9+/m1/s1. The van der Waals surface area contributed by atoms with E-state index in [0.29, 0.717) is 20.4 Å². The Morgan fingerprint density at radius 1 is 1.62 bits per heavy atom. The Kier molecular flexibility index (Phi) is 4.89. The van der Waals surface area contributed by atoms with Crippen molar-refractivity contribution in [2.45, 2.75) is 32.0 Å². The van der Waals surface area contributed by atoms with Crippen LogP contribution < -0.4 is 0 Å². The third-order valence-corrected chi connectivity index (χ3v) is 3.00. The number of allylic oxidation sites excluding steroid dienone is 1. The summed E-state index contributed by atoms with van der Waals surface area (Å²) in [4.78, 5) is 9.66. The van der Waals surface area contributed by atoms with E-state index in [9.17, 15) is 0 Å². The molecular formula is C9H17O3P. The lowest BCUT2D eigenvalue weighted by atomic mass is 10.4. The minimum absolute atomic E-state index is 0.0915. The number of hydrogen-bond donors (Lipinski definition) is 0. The van der Waals surface area contributed by atoms with Gasteiger partial charge in [0.25, 0.3) is 0 Å². The van der Waals surface area contributed by atoms with Crippen LogP contribution >= 0.6 is 8.81 Å². The molecule has 1 unspecified atom stereocenters. The molecule has 0 spiro atoms. The fourth-order valence-corrected chi connectivity index (χ4v) is 1.95. The van der Waals surface area contributed by atoms with Gasteiger partial charge >= 0.3 is 0 Å². The van der Waals surface area contributed by atoms with E-state index >= 15 is 0 Å². The second-order valence-electron chi connectivity index (χ2n) is 3.38. The van der Waals surface area contributed by atoms with Crippen LogP contribution in [0, 0.1) is 5.92 Å². The molecule has 1 aliphatic rings. The Morgan fingerprint density at radius 2 is 2.38 bits per heavy atom. The van der Waals surface area contributed by atoms with Gasteiger partial charge in [0.1, 0.15) is 0 Å². The molecule has 4 heteroatoms. The van der Waals surface area contributed by atoms with Crippen LogP contribution in [-0.2, 0) is 14.3 Å². The van der Waals surface area contributed by atoms with Gasteiger partial charge in [0.05, 0.1) is 6.10 Å². The zero-order chi connectivity index (χ0) is 9.68. The molecule has 0 saturated heterocycles. The lowest BCUT2D eigenvalue weighted by Crippen LogP contribution is -2.04. The molecule has 1 aliphatic carbocycles. The van der Waals surface area contributed by atoms with Gasteiger partial charge in [0, 0.05) is 14.5 Å². The average Bonchev–Trinajstić information content (AvgIpc) is 2.82. The average molecular weight is 204 g/mol. The summed E-state index contributed by atoms with van der Waals surface area (Å²) >= 11 is 0. The van der Waals surface area contributed by atoms with Crippen molar-refractivity contribution in [3.63, 3.8) is 0 Å². The van der Waals surface area contributed by atoms with Gasteiger partial charge in [0.2, 0.25) is 0 Å². The quantitative estimate of drug-likeness (QED) is 0.159. The van der Waals surface area contributed by atoms with E-state index in [1.54, 1.807) is 0 Å². The Morgan fingerprint density at radius 3 is 2.92 bits per heavy atom. The van der Waals surface area contributed by atoms with Crippen molar-refractivity contribution in [3.8, 4) is 0 Å². The molecule has 0 heterocycles. The van der Waals surface area contributed by atoms with E-state index < -0.39 is 0 Å². The first-order valence-corrected chi connectivity index (χ1v) is 5.50. The minimum atomic E-state index is 0.0915. The van der Waals surface area contributed by atoms with Crippen LogP contribution in [0.1, 0.15) is 20.3 Å². The summed E-state index contributed by atoms with van der Waals surface area (Å²) in [6, 6.07) is 0. The largest absolute Gasteiger partial charge is 0.333 e. The van der Waals surface area contributed by atoms with Gasteiger partial charge in [-0.05, 0) is 26.2 Å². The van der Waals surface area contributed by atoms with Crippen LogP contribution in [0.15, 0.2) is 12.7 Å². The lowest BCUT2D eigenvalue weighted by Gasteiger charge is -2.06. The molecule has 0 aromatic carbocycles. The Balaban J connectivity index is 1.83. The topological polar surface area (TPSA) is 27.7 Å². The summed E-state index contributed by atoms with van der Waals surface area (Å²) < 4.78 is 5.27. The molecular weight excluding hydrogens is 187 g/mol. The highest BCUT2D eigenvalue weighted by molar-refractivity contribution is 7.33. The Labute approximate surface area is 81.2 Å². The highest BCUT2D eigenvalue weighted by Crippen LogP contribution is 2.46. The molecule has 1 fully saturated rings. The fourth-order valence-electron chi connectivity index (χ4n) is 0.940. The fraction of sp³-hybridized carbons (Fsp3) is 0.778. The minimum Gasteiger partial charge on any atom is -0.333 e. The molecule has 0 aromatic heterocycles. The van der Waals surface area contributed by atoms with Crippen LogP contribution in [0.4, 0.5) is 0 Å². The summed E-state index contributed by atoms with van der Waals surface area (Å²) in [7, 11) is 0.514. The molecule has 1 rings (SSSR count). The van der Waals surface area contributed by atoms with E-state index in [4.69, 9.17) is 14.3 Å². The summed E-state index contributed by atoms with van der Waals surface area (Å²) in [5, 5.41) is 0. The van der Waals surface area contributed by atoms with E-state index in [2.05, 4.69) is 6.58 Å². The number of hydrogen-bond acceptors (Lipinski definition) is 3. The normalized spacial score (nSPS) is 27.3. The smallest absolute Gasteiger partial charge is 0.184 e. The maximum Gasteiger partial charge on any atom is 0.184 e. The highest BCUT2D eigenvalue weighted by Gasteiger charge is 2.34. The molecule has 0 amide bonds. The molecule has 0 aromatic rings. The highest BCUT2D eigenvalue weighted by atomic mass is 31.1. The third-order valence-electron chi connectivity index (χ3n) is 1.74. The van der Waals surface area contributed by atoms with E-state index in [-0.39, 0.29) is 12.9 Å². The maximum absolute atomic E-state index is 5.27. The second-order valence-corrected chi connectivity index (χ2v) is 4.65. The van der Waals surface area contributed by atoms with Gasteiger partial charge in [-0.25, -0.2) is 9.78 Å². The predicted molar refractivity (Wildman–Crippen MR) is 53.7 cm³/mol. The Bertz CT molecular complexity index is 161. The zero-order valence-corrected chi connectivity index (χ0v) is 9.16. The van der Waals surface area contributed by atoms with Crippen molar-refractivity contribution < 1.29 is 14.3 Å². The summed E-state index contributed by atoms with van der Waals surface area (Å²) in [5.41, 5.74) is 0.681. The van der Waals surface area contributed by atoms with Crippen molar-refractivity contribution in [2.24, 2.45) is 5.92 Å². The van der Waals surface area contributed by atoms with Gasteiger partial charge < -0.3 is 4.52 Å². The molecule has 13 heavy (non-hydrogen) atoms. The number of rotatable bonds is 7. The molecule has 0 bridgehead atoms. The van der Waals surface area contributed by atoms with E-state index in [1.165, 1.54) is 6.42 Å². The first-order chi connectivity index (χ1) is 6.24. The van der Waals surface area contributed by atoms with Crippen LogP contribution in [0.3, 0.4) is 0 Å². The molecule has 3 nitrogen and oxygen atoms in total. The monoisotopic (exact) mass is 204 g/mol. The summed E-state index contributed by atoms with van der Waals surface area (Å²) in [6.45, 7) is 7.79. The van der Waals surface area contributed by atoms with Crippen LogP contribution in [0.5, 0.6) is 0 Å². The first-order valence-electron chi connectivity index (χ1n) is 4.52. The summed E-state index contributed by atoms with van der Waals surface area (Å²) in [6.07, 6.45) is 3.30.